The number of hydrogen-bond acceptors (Lipinski definition) is 6. The molecule has 0 spiro atoms. The largest absolute Gasteiger partial charge is 0.360 e. The fraction of sp³-hybridized carbons (Fsp3) is 0.417. The van der Waals surface area contributed by atoms with Crippen molar-refractivity contribution in [2.45, 2.75) is 17.9 Å². The Morgan fingerprint density at radius 1 is 1.33 bits per heavy atom. The molecule has 2 rings (SSSR count). The molecule has 0 bridgehead atoms. The average molecular weight is 310 g/mol. The highest BCUT2D eigenvalue weighted by Crippen LogP contribution is 2.18. The van der Waals surface area contributed by atoms with Crippen LogP contribution in [0.2, 0.25) is 0 Å². The van der Waals surface area contributed by atoms with Gasteiger partial charge in [0.05, 0.1) is 6.04 Å². The Morgan fingerprint density at radius 2 is 2.05 bits per heavy atom. The summed E-state index contributed by atoms with van der Waals surface area (Å²) < 4.78 is 26.8. The molecule has 0 amide bonds. The zero-order valence-electron chi connectivity index (χ0n) is 12.3. The predicted octanol–water partition coefficient (Wildman–Crippen LogP) is 0.633. The molecule has 114 valence electrons. The van der Waals surface area contributed by atoms with Gasteiger partial charge in [0.25, 0.3) is 0 Å². The minimum atomic E-state index is -3.46. The maximum atomic E-state index is 11.9. The first kappa shape index (κ1) is 15.4. The van der Waals surface area contributed by atoms with Crippen LogP contribution in [0.15, 0.2) is 29.6 Å². The number of pyridine rings is 1. The summed E-state index contributed by atoms with van der Waals surface area (Å²) in [5.41, 5.74) is 0. The van der Waals surface area contributed by atoms with E-state index in [0.717, 1.165) is 10.1 Å². The van der Waals surface area contributed by atoms with E-state index in [2.05, 4.69) is 20.5 Å². The number of hydrogen-bond donors (Lipinski definition) is 1. The van der Waals surface area contributed by atoms with Crippen LogP contribution in [0.4, 0.5) is 5.82 Å². The van der Waals surface area contributed by atoms with Crippen LogP contribution < -0.4 is 5.32 Å². The maximum absolute atomic E-state index is 11.9. The minimum Gasteiger partial charge on any atom is -0.360 e. The number of anilines is 1. The first-order valence-electron chi connectivity index (χ1n) is 6.31. The van der Waals surface area contributed by atoms with Gasteiger partial charge in [0.15, 0.2) is 5.82 Å². The maximum Gasteiger partial charge on any atom is 0.244 e. The van der Waals surface area contributed by atoms with Gasteiger partial charge in [-0.05, 0) is 19.1 Å². The lowest BCUT2D eigenvalue weighted by atomic mass is 10.3. The number of sulfonamides is 1. The monoisotopic (exact) mass is 310 g/mol. The van der Waals surface area contributed by atoms with Crippen molar-refractivity contribution >= 4 is 15.8 Å². The van der Waals surface area contributed by atoms with E-state index in [4.69, 9.17) is 0 Å². The van der Waals surface area contributed by atoms with Crippen molar-refractivity contribution in [3.63, 3.8) is 0 Å². The quantitative estimate of drug-likeness (QED) is 0.871. The molecule has 0 radical (unpaired) electrons. The topological polar surface area (TPSA) is 93.0 Å². The number of aromatic nitrogens is 4. The van der Waals surface area contributed by atoms with E-state index in [-0.39, 0.29) is 10.9 Å². The van der Waals surface area contributed by atoms with E-state index < -0.39 is 10.0 Å². The Morgan fingerprint density at radius 3 is 2.52 bits per heavy atom. The summed E-state index contributed by atoms with van der Waals surface area (Å²) in [4.78, 5) is 4.29. The van der Waals surface area contributed by atoms with E-state index in [0.29, 0.717) is 5.82 Å². The smallest absolute Gasteiger partial charge is 0.244 e. The molecule has 0 aliphatic carbocycles. The molecule has 0 saturated carbocycles. The summed E-state index contributed by atoms with van der Waals surface area (Å²) in [6, 6.07) is 3.05. The van der Waals surface area contributed by atoms with Gasteiger partial charge in [0, 0.05) is 27.3 Å². The molecule has 8 nitrogen and oxygen atoms in total. The zero-order valence-corrected chi connectivity index (χ0v) is 13.2. The van der Waals surface area contributed by atoms with Crippen molar-refractivity contribution in [1.29, 1.82) is 0 Å². The van der Waals surface area contributed by atoms with E-state index in [1.807, 2.05) is 18.5 Å². The van der Waals surface area contributed by atoms with Crippen LogP contribution >= 0.6 is 0 Å². The van der Waals surface area contributed by atoms with Gasteiger partial charge in [-0.1, -0.05) is 0 Å². The molecule has 2 aromatic heterocycles. The van der Waals surface area contributed by atoms with Crippen LogP contribution in [0, 0.1) is 0 Å². The van der Waals surface area contributed by atoms with Crippen LogP contribution in [-0.2, 0) is 17.1 Å². The Kier molecular flexibility index (Phi) is 4.24. The lowest BCUT2D eigenvalue weighted by Crippen LogP contribution is -2.22. The van der Waals surface area contributed by atoms with Crippen LogP contribution in [0.5, 0.6) is 0 Å². The summed E-state index contributed by atoms with van der Waals surface area (Å²) in [6.45, 7) is 1.93. The van der Waals surface area contributed by atoms with Crippen molar-refractivity contribution in [2.75, 3.05) is 19.4 Å². The third-order valence-electron chi connectivity index (χ3n) is 3.01. The average Bonchev–Trinajstić information content (AvgIpc) is 2.85. The summed E-state index contributed by atoms with van der Waals surface area (Å²) >= 11 is 0. The van der Waals surface area contributed by atoms with Crippen LogP contribution in [0.25, 0.3) is 0 Å². The Balaban J connectivity index is 2.15. The lowest BCUT2D eigenvalue weighted by Gasteiger charge is -2.14. The highest BCUT2D eigenvalue weighted by Gasteiger charge is 2.18. The molecular weight excluding hydrogens is 292 g/mol. The molecule has 2 aromatic rings. The van der Waals surface area contributed by atoms with E-state index in [1.165, 1.54) is 26.4 Å². The zero-order chi connectivity index (χ0) is 15.6. The fourth-order valence-electron chi connectivity index (χ4n) is 1.80. The number of aryl methyl sites for hydroxylation is 1. The van der Waals surface area contributed by atoms with Crippen molar-refractivity contribution in [1.82, 2.24) is 24.1 Å². The molecule has 0 fully saturated rings. The molecule has 0 aliphatic rings. The molecule has 0 saturated heterocycles. The molecule has 1 N–H and O–H groups in total. The molecule has 0 aliphatic heterocycles. The van der Waals surface area contributed by atoms with Crippen molar-refractivity contribution in [2.24, 2.45) is 7.05 Å². The molecule has 2 heterocycles. The highest BCUT2D eigenvalue weighted by atomic mass is 32.2. The van der Waals surface area contributed by atoms with Gasteiger partial charge < -0.3 is 9.88 Å². The molecule has 1 unspecified atom stereocenters. The Labute approximate surface area is 123 Å². The second kappa shape index (κ2) is 5.78. The summed E-state index contributed by atoms with van der Waals surface area (Å²) in [5, 5.41) is 11.0. The molecule has 21 heavy (non-hydrogen) atoms. The number of nitrogens with zero attached hydrogens (tertiary/aromatic N) is 5. The van der Waals surface area contributed by atoms with E-state index >= 15 is 0 Å². The summed E-state index contributed by atoms with van der Waals surface area (Å²) in [5.74, 6) is 1.34. The van der Waals surface area contributed by atoms with Gasteiger partial charge in [-0.15, -0.1) is 10.2 Å². The van der Waals surface area contributed by atoms with Gasteiger partial charge in [-0.3, -0.25) is 0 Å². The Hall–Kier alpha value is -2.00. The van der Waals surface area contributed by atoms with Crippen molar-refractivity contribution < 1.29 is 8.42 Å². The normalized spacial score (nSPS) is 13.4. The second-order valence-electron chi connectivity index (χ2n) is 4.83. The first-order chi connectivity index (χ1) is 9.82. The fourth-order valence-corrected chi connectivity index (χ4v) is 2.65. The van der Waals surface area contributed by atoms with Gasteiger partial charge in [0.1, 0.15) is 17.0 Å². The third kappa shape index (κ3) is 3.19. The number of nitrogens with one attached hydrogen (secondary N) is 1. The van der Waals surface area contributed by atoms with Gasteiger partial charge >= 0.3 is 0 Å². The minimum absolute atomic E-state index is 0.0960. The summed E-state index contributed by atoms with van der Waals surface area (Å²) in [6.07, 6.45) is 2.95. The van der Waals surface area contributed by atoms with Crippen molar-refractivity contribution in [3.8, 4) is 0 Å². The Bertz CT molecular complexity index is 708. The SMILES string of the molecule is CC(Nc1ccc(S(=O)(=O)N(C)C)cn1)c1nncn1C. The first-order valence-corrected chi connectivity index (χ1v) is 7.75. The molecule has 1 atom stereocenters. The molecule has 9 heteroatoms. The van der Waals surface area contributed by atoms with Gasteiger partial charge in [-0.2, -0.15) is 0 Å². The van der Waals surface area contributed by atoms with E-state index in [9.17, 15) is 8.42 Å². The van der Waals surface area contributed by atoms with Crippen LogP contribution in [-0.4, -0.2) is 46.6 Å². The van der Waals surface area contributed by atoms with Crippen LogP contribution in [0.1, 0.15) is 18.8 Å². The predicted molar refractivity (Wildman–Crippen MR) is 78.2 cm³/mol. The summed E-state index contributed by atoms with van der Waals surface area (Å²) in [7, 11) is 1.37. The second-order valence-corrected chi connectivity index (χ2v) is 6.98. The van der Waals surface area contributed by atoms with Crippen LogP contribution in [0.3, 0.4) is 0 Å². The standard InChI is InChI=1S/C12H18N6O2S/c1-9(12-16-14-8-18(12)4)15-11-6-5-10(7-13-11)21(19,20)17(2)3/h5-9H,1-4H3,(H,13,15). The lowest BCUT2D eigenvalue weighted by molar-refractivity contribution is 0.520. The van der Waals surface area contributed by atoms with E-state index in [1.54, 1.807) is 12.4 Å². The van der Waals surface area contributed by atoms with Gasteiger partial charge in [0.2, 0.25) is 10.0 Å². The van der Waals surface area contributed by atoms with Gasteiger partial charge in [-0.25, -0.2) is 17.7 Å². The molecular formula is C12H18N6O2S. The third-order valence-corrected chi connectivity index (χ3v) is 4.81. The number of rotatable bonds is 5. The van der Waals surface area contributed by atoms with Crippen molar-refractivity contribution in [3.05, 3.63) is 30.5 Å². The highest BCUT2D eigenvalue weighted by molar-refractivity contribution is 7.89. The molecule has 0 aromatic carbocycles.